The zero-order valence-electron chi connectivity index (χ0n) is 30.4. The van der Waals surface area contributed by atoms with Gasteiger partial charge in [0.1, 0.15) is 17.2 Å². The van der Waals surface area contributed by atoms with Crippen molar-refractivity contribution >= 4 is 42.4 Å². The number of nitrogens with one attached hydrogen (secondary N) is 2. The maximum absolute atomic E-state index is 13.0. The SMILES string of the molecule is C=C(C)CNC(=O)c1cc2c(-c3cnc(N(B(C)Cc4ccccc4)B(C)Cc4ccccc4)c(-c4ccc(C(=O)N(C)C)cn4)c3)ccnc2[nH]1. The van der Waals surface area contributed by atoms with Crippen LogP contribution >= 0.6 is 0 Å². The first-order chi connectivity index (χ1) is 25.1. The van der Waals surface area contributed by atoms with E-state index in [-0.39, 0.29) is 25.5 Å². The normalized spacial score (nSPS) is 10.9. The van der Waals surface area contributed by atoms with E-state index in [0.29, 0.717) is 29.1 Å². The van der Waals surface area contributed by atoms with Crippen LogP contribution in [0.15, 0.2) is 122 Å². The maximum Gasteiger partial charge on any atom is 0.268 e. The number of hydrogen-bond donors (Lipinski definition) is 2. The minimum absolute atomic E-state index is 0.0744. The Labute approximate surface area is 306 Å². The van der Waals surface area contributed by atoms with Crippen LogP contribution in [0.5, 0.6) is 0 Å². The summed E-state index contributed by atoms with van der Waals surface area (Å²) >= 11 is 0. The Bertz CT molecular complexity index is 2140. The molecule has 0 fully saturated rings. The van der Waals surface area contributed by atoms with Gasteiger partial charge in [0.15, 0.2) is 0 Å². The topological polar surface area (TPSA) is 107 Å². The second-order valence-corrected chi connectivity index (χ2v) is 13.7. The van der Waals surface area contributed by atoms with Gasteiger partial charge in [-0.15, -0.1) is 0 Å². The highest BCUT2D eigenvalue weighted by Crippen LogP contribution is 2.36. The third-order valence-corrected chi connectivity index (χ3v) is 9.14. The summed E-state index contributed by atoms with van der Waals surface area (Å²) in [4.78, 5) is 45.1. The summed E-state index contributed by atoms with van der Waals surface area (Å²) in [6, 6.07) is 30.6. The number of H-pyrrole nitrogens is 1. The average molecular weight is 687 g/mol. The molecule has 0 aliphatic heterocycles. The highest BCUT2D eigenvalue weighted by atomic mass is 16.2. The van der Waals surface area contributed by atoms with Crippen LogP contribution in [0.2, 0.25) is 13.6 Å². The number of aromatic amines is 1. The molecule has 0 saturated heterocycles. The molecule has 0 spiro atoms. The van der Waals surface area contributed by atoms with E-state index in [1.165, 1.54) is 11.1 Å². The summed E-state index contributed by atoms with van der Waals surface area (Å²) in [6.45, 7) is 10.8. The number of benzene rings is 2. The van der Waals surface area contributed by atoms with Crippen molar-refractivity contribution in [2.45, 2.75) is 33.2 Å². The van der Waals surface area contributed by atoms with Crippen molar-refractivity contribution in [1.29, 1.82) is 0 Å². The van der Waals surface area contributed by atoms with Gasteiger partial charge in [-0.2, -0.15) is 0 Å². The van der Waals surface area contributed by atoms with Gasteiger partial charge in [0.25, 0.3) is 11.8 Å². The second kappa shape index (κ2) is 15.9. The van der Waals surface area contributed by atoms with Crippen molar-refractivity contribution in [3.8, 4) is 22.4 Å². The van der Waals surface area contributed by atoms with E-state index in [0.717, 1.165) is 46.1 Å². The smallest absolute Gasteiger partial charge is 0.268 e. The number of carbonyl (C=O) groups is 2. The molecule has 52 heavy (non-hydrogen) atoms. The van der Waals surface area contributed by atoms with Crippen LogP contribution in [0.3, 0.4) is 0 Å². The minimum Gasteiger partial charge on any atom is -0.444 e. The van der Waals surface area contributed by atoms with E-state index in [2.05, 4.69) is 94.8 Å². The Hall–Kier alpha value is -5.96. The number of nitrogens with zero attached hydrogens (tertiary/aromatic N) is 5. The third kappa shape index (κ3) is 8.15. The number of carbonyl (C=O) groups excluding carboxylic acids is 2. The van der Waals surface area contributed by atoms with Crippen LogP contribution in [-0.4, -0.2) is 71.0 Å². The molecule has 9 nitrogen and oxygen atoms in total. The minimum atomic E-state index is -0.229. The number of aromatic nitrogens is 4. The van der Waals surface area contributed by atoms with Crippen molar-refractivity contribution in [2.24, 2.45) is 0 Å². The number of amides is 2. The highest BCUT2D eigenvalue weighted by molar-refractivity contribution is 6.82. The van der Waals surface area contributed by atoms with Crippen molar-refractivity contribution in [3.63, 3.8) is 0 Å². The predicted molar refractivity (Wildman–Crippen MR) is 214 cm³/mol. The third-order valence-electron chi connectivity index (χ3n) is 9.14. The van der Waals surface area contributed by atoms with Crippen LogP contribution < -0.4 is 10.0 Å². The molecule has 0 saturated carbocycles. The Kier molecular flexibility index (Phi) is 11.0. The largest absolute Gasteiger partial charge is 0.444 e. The highest BCUT2D eigenvalue weighted by Gasteiger charge is 2.30. The van der Waals surface area contributed by atoms with Crippen molar-refractivity contribution in [1.82, 2.24) is 30.2 Å². The van der Waals surface area contributed by atoms with E-state index >= 15 is 0 Å². The van der Waals surface area contributed by atoms with Gasteiger partial charge >= 0.3 is 0 Å². The molecule has 2 aromatic carbocycles. The van der Waals surface area contributed by atoms with Crippen LogP contribution in [0.1, 0.15) is 38.9 Å². The monoisotopic (exact) mass is 687 g/mol. The Balaban J connectivity index is 1.49. The zero-order valence-corrected chi connectivity index (χ0v) is 30.4. The molecule has 6 aromatic rings. The molecule has 0 bridgehead atoms. The molecule has 0 aliphatic carbocycles. The Morgan fingerprint density at radius 1 is 0.808 bits per heavy atom. The first-order valence-electron chi connectivity index (χ1n) is 17.5. The summed E-state index contributed by atoms with van der Waals surface area (Å²) in [7, 11) is 3.46. The van der Waals surface area contributed by atoms with Gasteiger partial charge in [-0.3, -0.25) is 14.6 Å². The lowest BCUT2D eigenvalue weighted by molar-refractivity contribution is 0.0826. The maximum atomic E-state index is 13.0. The van der Waals surface area contributed by atoms with Crippen molar-refractivity contribution in [2.75, 3.05) is 25.4 Å². The molecular weight excluding hydrogens is 644 g/mol. The molecule has 260 valence electrons. The second-order valence-electron chi connectivity index (χ2n) is 13.7. The quantitative estimate of drug-likeness (QED) is 0.0975. The molecule has 0 unspecified atom stereocenters. The molecule has 4 heterocycles. The summed E-state index contributed by atoms with van der Waals surface area (Å²) in [5.41, 5.74) is 8.12. The standard InChI is InChI=1S/C41H43B2N7O2/c1-28(2)25-47-40(51)37-22-34-33(19-20-44-38(34)48-37)32-21-35(36-18-17-31(26-45-36)41(52)49(5)6)39(46-27-32)50(42(3)23-29-13-9-7-10-14-29)43(4)24-30-15-11-8-12-16-30/h7-22,26-27H,1,23-25H2,2-6H3,(H,44,48)(H,47,51). The van der Waals surface area contributed by atoms with Gasteiger partial charge in [-0.05, 0) is 55.5 Å². The van der Waals surface area contributed by atoms with Gasteiger partial charge < -0.3 is 19.9 Å². The number of anilines is 1. The molecule has 0 radical (unpaired) electrons. The number of fused-ring (bicyclic) bond motifs is 1. The first-order valence-corrected chi connectivity index (χ1v) is 17.5. The summed E-state index contributed by atoms with van der Waals surface area (Å²) in [5.74, 6) is 0.456. The fraction of sp³-hybridized carbons (Fsp3) is 0.195. The molecule has 4 aromatic heterocycles. The number of pyridine rings is 3. The molecule has 0 atom stereocenters. The molecule has 6 rings (SSSR count). The fourth-order valence-corrected chi connectivity index (χ4v) is 6.62. The fourth-order valence-electron chi connectivity index (χ4n) is 6.62. The summed E-state index contributed by atoms with van der Waals surface area (Å²) in [5, 5.41) is 3.69. The average Bonchev–Trinajstić information content (AvgIpc) is 3.60. The Morgan fingerprint density at radius 2 is 1.46 bits per heavy atom. The van der Waals surface area contributed by atoms with Gasteiger partial charge in [-0.25, -0.2) is 9.97 Å². The Morgan fingerprint density at radius 3 is 2.04 bits per heavy atom. The number of hydrogen-bond acceptors (Lipinski definition) is 6. The van der Waals surface area contributed by atoms with Crippen molar-refractivity contribution < 1.29 is 9.59 Å². The number of rotatable bonds is 13. The zero-order chi connectivity index (χ0) is 36.8. The van der Waals surface area contributed by atoms with Crippen LogP contribution in [0.4, 0.5) is 5.82 Å². The molecule has 0 aliphatic rings. The van der Waals surface area contributed by atoms with E-state index in [4.69, 9.17) is 9.97 Å². The summed E-state index contributed by atoms with van der Waals surface area (Å²) < 4.78 is 2.40. The molecule has 11 heteroatoms. The van der Waals surface area contributed by atoms with Crippen molar-refractivity contribution in [3.05, 3.63) is 144 Å². The van der Waals surface area contributed by atoms with Gasteiger partial charge in [0.2, 0.25) is 13.7 Å². The lowest BCUT2D eigenvalue weighted by Gasteiger charge is -2.35. The lowest BCUT2D eigenvalue weighted by atomic mass is 9.45. The van der Waals surface area contributed by atoms with Crippen LogP contribution in [0.25, 0.3) is 33.4 Å². The van der Waals surface area contributed by atoms with E-state index in [1.807, 2.05) is 49.5 Å². The van der Waals surface area contributed by atoms with Gasteiger partial charge in [0, 0.05) is 55.7 Å². The molecular formula is C41H43B2N7O2. The predicted octanol–water partition coefficient (Wildman–Crippen LogP) is 7.31. The van der Waals surface area contributed by atoms with Gasteiger partial charge in [0.05, 0.1) is 11.3 Å². The molecule has 2 N–H and O–H groups in total. The summed E-state index contributed by atoms with van der Waals surface area (Å²) in [6.07, 6.45) is 6.89. The van der Waals surface area contributed by atoms with E-state index < -0.39 is 0 Å². The van der Waals surface area contributed by atoms with E-state index in [1.54, 1.807) is 31.4 Å². The van der Waals surface area contributed by atoms with Crippen LogP contribution in [-0.2, 0) is 12.6 Å². The van der Waals surface area contributed by atoms with E-state index in [9.17, 15) is 9.59 Å². The first kappa shape index (κ1) is 35.9. The lowest BCUT2D eigenvalue weighted by Crippen LogP contribution is -2.50. The van der Waals surface area contributed by atoms with Gasteiger partial charge in [-0.1, -0.05) is 97.6 Å². The van der Waals surface area contributed by atoms with Crippen LogP contribution in [0, 0.1) is 0 Å². The molecule has 2 amide bonds.